The molecular weight excluding hydrogens is 408 g/mol. The number of nitrogens with zero attached hydrogens (tertiary/aromatic N) is 1. The van der Waals surface area contributed by atoms with Gasteiger partial charge in [0.05, 0.1) is 18.4 Å². The van der Waals surface area contributed by atoms with Gasteiger partial charge in [0, 0.05) is 10.6 Å². The van der Waals surface area contributed by atoms with Gasteiger partial charge in [0.15, 0.2) is 6.61 Å². The molecule has 3 rings (SSSR count). The van der Waals surface area contributed by atoms with Gasteiger partial charge < -0.3 is 13.9 Å². The number of ether oxygens (including phenoxy) is 2. The number of amides is 1. The van der Waals surface area contributed by atoms with Crippen molar-refractivity contribution in [3.8, 4) is 17.1 Å². The topological polar surface area (TPSA) is 90.1 Å². The van der Waals surface area contributed by atoms with Crippen LogP contribution in [0.4, 0.5) is 0 Å². The lowest BCUT2D eigenvalue weighted by Gasteiger charge is -2.04. The molecule has 0 atom stereocenters. The fourth-order valence-electron chi connectivity index (χ4n) is 2.47. The first-order chi connectivity index (χ1) is 14.5. The molecule has 1 N–H and O–H groups in total. The predicted octanol–water partition coefficient (Wildman–Crippen LogP) is 4.31. The lowest BCUT2D eigenvalue weighted by atomic mass is 10.1. The SMILES string of the molecule is CCOC(=O)c1ccc(-c2ccc(/C=N\NC(=O)COc3cccc(Cl)c3)o2)cc1. The maximum absolute atomic E-state index is 11.8. The highest BCUT2D eigenvalue weighted by atomic mass is 35.5. The normalized spacial score (nSPS) is 10.7. The second-order valence-electron chi connectivity index (χ2n) is 6.04. The van der Waals surface area contributed by atoms with Crippen molar-refractivity contribution in [1.29, 1.82) is 0 Å². The maximum atomic E-state index is 11.8. The van der Waals surface area contributed by atoms with Gasteiger partial charge in [0.25, 0.3) is 5.91 Å². The summed E-state index contributed by atoms with van der Waals surface area (Å²) < 4.78 is 16.0. The third-order valence-corrected chi connectivity index (χ3v) is 4.09. The molecule has 0 saturated carbocycles. The van der Waals surface area contributed by atoms with Gasteiger partial charge in [-0.1, -0.05) is 29.8 Å². The van der Waals surface area contributed by atoms with E-state index in [0.29, 0.717) is 34.5 Å². The number of hydrazone groups is 1. The molecule has 1 heterocycles. The molecule has 1 aromatic heterocycles. The van der Waals surface area contributed by atoms with Crippen molar-refractivity contribution in [3.63, 3.8) is 0 Å². The van der Waals surface area contributed by atoms with Crippen LogP contribution < -0.4 is 10.2 Å². The molecule has 0 saturated heterocycles. The zero-order valence-corrected chi connectivity index (χ0v) is 16.9. The Hall–Kier alpha value is -3.58. The lowest BCUT2D eigenvalue weighted by Crippen LogP contribution is -2.24. The van der Waals surface area contributed by atoms with Crippen LogP contribution in [0.25, 0.3) is 11.3 Å². The molecule has 0 aliphatic heterocycles. The van der Waals surface area contributed by atoms with E-state index >= 15 is 0 Å². The summed E-state index contributed by atoms with van der Waals surface area (Å²) in [6, 6.07) is 17.1. The zero-order valence-electron chi connectivity index (χ0n) is 16.1. The van der Waals surface area contributed by atoms with Gasteiger partial charge >= 0.3 is 5.97 Å². The molecule has 0 spiro atoms. The van der Waals surface area contributed by atoms with E-state index in [0.717, 1.165) is 5.56 Å². The zero-order chi connectivity index (χ0) is 21.3. The van der Waals surface area contributed by atoms with Gasteiger partial charge in [0.2, 0.25) is 0 Å². The van der Waals surface area contributed by atoms with E-state index < -0.39 is 5.91 Å². The van der Waals surface area contributed by atoms with E-state index in [1.165, 1.54) is 6.21 Å². The van der Waals surface area contributed by atoms with Crippen LogP contribution in [0.5, 0.6) is 5.75 Å². The highest BCUT2D eigenvalue weighted by Gasteiger charge is 2.08. The van der Waals surface area contributed by atoms with Crippen molar-refractivity contribution >= 4 is 29.7 Å². The molecule has 2 aromatic carbocycles. The van der Waals surface area contributed by atoms with Gasteiger partial charge in [-0.05, 0) is 49.4 Å². The third-order valence-electron chi connectivity index (χ3n) is 3.85. The van der Waals surface area contributed by atoms with Gasteiger partial charge in [0.1, 0.15) is 17.3 Å². The Balaban J connectivity index is 1.51. The van der Waals surface area contributed by atoms with Crippen molar-refractivity contribution in [2.24, 2.45) is 5.10 Å². The van der Waals surface area contributed by atoms with Crippen molar-refractivity contribution in [3.05, 3.63) is 77.0 Å². The van der Waals surface area contributed by atoms with Crippen LogP contribution >= 0.6 is 11.6 Å². The fourth-order valence-corrected chi connectivity index (χ4v) is 2.65. The minimum atomic E-state index is -0.424. The number of carbonyl (C=O) groups excluding carboxylic acids is 2. The van der Waals surface area contributed by atoms with E-state index in [9.17, 15) is 9.59 Å². The number of carbonyl (C=O) groups is 2. The van der Waals surface area contributed by atoms with Crippen LogP contribution in [0.2, 0.25) is 5.02 Å². The van der Waals surface area contributed by atoms with Crippen LogP contribution in [0.1, 0.15) is 23.0 Å². The molecular formula is C22H19ClN2O5. The second kappa shape index (κ2) is 10.3. The first-order valence-corrected chi connectivity index (χ1v) is 9.50. The van der Waals surface area contributed by atoms with Crippen molar-refractivity contribution in [2.45, 2.75) is 6.92 Å². The number of hydrogen-bond donors (Lipinski definition) is 1. The summed E-state index contributed by atoms with van der Waals surface area (Å²) >= 11 is 5.86. The Bertz CT molecular complexity index is 1040. The van der Waals surface area contributed by atoms with Crippen molar-refractivity contribution in [2.75, 3.05) is 13.2 Å². The molecule has 154 valence electrons. The van der Waals surface area contributed by atoms with Crippen LogP contribution in [0, 0.1) is 0 Å². The standard InChI is InChI=1S/C22H19ClN2O5/c1-2-28-22(27)16-8-6-15(7-9-16)20-11-10-19(30-20)13-24-25-21(26)14-29-18-5-3-4-17(23)12-18/h3-13H,2,14H2,1H3,(H,25,26)/b24-13-. The quantitative estimate of drug-likeness (QED) is 0.329. The number of hydrogen-bond acceptors (Lipinski definition) is 6. The molecule has 30 heavy (non-hydrogen) atoms. The number of halogens is 1. The first kappa shape index (κ1) is 21.1. The molecule has 7 nitrogen and oxygen atoms in total. The summed E-state index contributed by atoms with van der Waals surface area (Å²) in [7, 11) is 0. The first-order valence-electron chi connectivity index (χ1n) is 9.13. The van der Waals surface area contributed by atoms with Gasteiger partial charge in [-0.3, -0.25) is 4.79 Å². The average molecular weight is 427 g/mol. The number of rotatable bonds is 8. The summed E-state index contributed by atoms with van der Waals surface area (Å²) in [5.41, 5.74) is 3.62. The van der Waals surface area contributed by atoms with Gasteiger partial charge in [-0.15, -0.1) is 0 Å². The minimum absolute atomic E-state index is 0.200. The van der Waals surface area contributed by atoms with E-state index in [4.69, 9.17) is 25.5 Å². The summed E-state index contributed by atoms with van der Waals surface area (Å²) in [4.78, 5) is 23.5. The Morgan fingerprint density at radius 2 is 1.93 bits per heavy atom. The minimum Gasteiger partial charge on any atom is -0.484 e. The largest absolute Gasteiger partial charge is 0.484 e. The van der Waals surface area contributed by atoms with Gasteiger partial charge in [-0.25, -0.2) is 10.2 Å². The van der Waals surface area contributed by atoms with Crippen molar-refractivity contribution in [1.82, 2.24) is 5.43 Å². The molecule has 1 amide bonds. The molecule has 0 aliphatic rings. The number of nitrogens with one attached hydrogen (secondary N) is 1. The molecule has 0 fully saturated rings. The Kier molecular flexibility index (Phi) is 7.24. The van der Waals surface area contributed by atoms with E-state index in [1.807, 2.05) is 0 Å². The number of furan rings is 1. The number of esters is 1. The van der Waals surface area contributed by atoms with Crippen molar-refractivity contribution < 1.29 is 23.5 Å². The molecule has 0 unspecified atom stereocenters. The Labute approximate surface area is 178 Å². The van der Waals surface area contributed by atoms with E-state index in [1.54, 1.807) is 67.6 Å². The summed E-state index contributed by atoms with van der Waals surface area (Å²) in [6.45, 7) is 1.88. The Morgan fingerprint density at radius 1 is 1.13 bits per heavy atom. The van der Waals surface area contributed by atoms with E-state index in [-0.39, 0.29) is 12.6 Å². The number of benzene rings is 2. The maximum Gasteiger partial charge on any atom is 0.338 e. The summed E-state index contributed by atoms with van der Waals surface area (Å²) in [5.74, 6) is 0.753. The monoisotopic (exact) mass is 426 g/mol. The molecule has 0 radical (unpaired) electrons. The van der Waals surface area contributed by atoms with Crippen LogP contribution in [-0.4, -0.2) is 31.3 Å². The Morgan fingerprint density at radius 3 is 2.67 bits per heavy atom. The smallest absolute Gasteiger partial charge is 0.338 e. The molecule has 0 bridgehead atoms. The highest BCUT2D eigenvalue weighted by molar-refractivity contribution is 6.30. The van der Waals surface area contributed by atoms with Gasteiger partial charge in [-0.2, -0.15) is 5.10 Å². The fraction of sp³-hybridized carbons (Fsp3) is 0.136. The van der Waals surface area contributed by atoms with E-state index in [2.05, 4.69) is 10.5 Å². The lowest BCUT2D eigenvalue weighted by molar-refractivity contribution is -0.123. The molecule has 3 aromatic rings. The molecule has 8 heteroatoms. The molecule has 0 aliphatic carbocycles. The average Bonchev–Trinajstić information content (AvgIpc) is 3.21. The van der Waals surface area contributed by atoms with Crippen LogP contribution in [-0.2, 0) is 9.53 Å². The van der Waals surface area contributed by atoms with Crippen LogP contribution in [0.3, 0.4) is 0 Å². The summed E-state index contributed by atoms with van der Waals surface area (Å²) in [6.07, 6.45) is 1.38. The highest BCUT2D eigenvalue weighted by Crippen LogP contribution is 2.22. The predicted molar refractivity (Wildman–Crippen MR) is 113 cm³/mol. The van der Waals surface area contributed by atoms with Crippen LogP contribution in [0.15, 0.2) is 70.2 Å². The third kappa shape index (κ3) is 5.96. The second-order valence-corrected chi connectivity index (χ2v) is 6.48. The summed E-state index contributed by atoms with van der Waals surface area (Å²) in [5, 5.41) is 4.37.